The second-order valence-corrected chi connectivity index (χ2v) is 15.6. The molecule has 0 unspecified atom stereocenters. The SMILES string of the molecule is O=P(c1ccccc1)(c1ccccc1)c1ccc(-c2nc(-c3ccccc3)nc3c2-c2ccccc2C3(c2ccccc2)c2ccccc2)cc1. The lowest BCUT2D eigenvalue weighted by atomic mass is 9.69. The molecule has 1 aromatic heterocycles. The highest BCUT2D eigenvalue weighted by atomic mass is 31.2. The minimum Gasteiger partial charge on any atom is -0.309 e. The van der Waals surface area contributed by atoms with Crippen LogP contribution in [0.3, 0.4) is 0 Å². The zero-order chi connectivity index (χ0) is 34.3. The van der Waals surface area contributed by atoms with Crippen LogP contribution >= 0.6 is 7.14 Å². The third kappa shape index (κ3) is 4.93. The van der Waals surface area contributed by atoms with Crippen LogP contribution in [0, 0.1) is 0 Å². The summed E-state index contributed by atoms with van der Waals surface area (Å²) >= 11 is 0. The lowest BCUT2D eigenvalue weighted by Crippen LogP contribution is -2.30. The normalized spacial score (nSPS) is 12.9. The van der Waals surface area contributed by atoms with Crippen molar-refractivity contribution in [2.45, 2.75) is 5.41 Å². The van der Waals surface area contributed by atoms with Crippen molar-refractivity contribution in [1.82, 2.24) is 9.97 Å². The Morgan fingerprint density at radius 3 is 1.41 bits per heavy atom. The summed E-state index contributed by atoms with van der Waals surface area (Å²) in [5, 5.41) is 2.39. The molecule has 0 N–H and O–H groups in total. The number of hydrogen-bond donors (Lipinski definition) is 0. The molecule has 7 aromatic carbocycles. The van der Waals surface area contributed by atoms with Crippen LogP contribution in [0.4, 0.5) is 0 Å². The molecule has 1 aliphatic rings. The van der Waals surface area contributed by atoms with Crippen LogP contribution in [-0.4, -0.2) is 9.97 Å². The Morgan fingerprint density at radius 1 is 0.412 bits per heavy atom. The van der Waals surface area contributed by atoms with Gasteiger partial charge in [-0.15, -0.1) is 0 Å². The number of benzene rings is 7. The molecule has 0 radical (unpaired) electrons. The number of hydrogen-bond acceptors (Lipinski definition) is 3. The van der Waals surface area contributed by atoms with Gasteiger partial charge in [-0.2, -0.15) is 0 Å². The smallest absolute Gasteiger partial charge is 0.171 e. The van der Waals surface area contributed by atoms with Crippen LogP contribution in [0.2, 0.25) is 0 Å². The molecule has 1 aliphatic carbocycles. The second-order valence-electron chi connectivity index (χ2n) is 12.8. The summed E-state index contributed by atoms with van der Waals surface area (Å²) in [6.07, 6.45) is 0. The first kappa shape index (κ1) is 30.9. The van der Waals surface area contributed by atoms with Gasteiger partial charge in [0.25, 0.3) is 0 Å². The third-order valence-electron chi connectivity index (χ3n) is 10.1. The van der Waals surface area contributed by atoms with Gasteiger partial charge in [0.05, 0.1) is 16.8 Å². The van der Waals surface area contributed by atoms with Gasteiger partial charge < -0.3 is 4.57 Å². The van der Waals surface area contributed by atoms with Crippen molar-refractivity contribution in [3.63, 3.8) is 0 Å². The maximum absolute atomic E-state index is 15.2. The summed E-state index contributed by atoms with van der Waals surface area (Å²) < 4.78 is 15.2. The summed E-state index contributed by atoms with van der Waals surface area (Å²) in [7, 11) is -3.15. The molecule has 0 amide bonds. The fourth-order valence-electron chi connectivity index (χ4n) is 7.75. The predicted octanol–water partition coefficient (Wildman–Crippen LogP) is 9.81. The van der Waals surface area contributed by atoms with E-state index >= 15 is 4.57 Å². The molecular weight excluding hydrogens is 640 g/mol. The van der Waals surface area contributed by atoms with E-state index in [-0.39, 0.29) is 0 Å². The van der Waals surface area contributed by atoms with Gasteiger partial charge in [0.2, 0.25) is 0 Å². The molecule has 51 heavy (non-hydrogen) atoms. The number of nitrogens with zero attached hydrogens (tertiary/aromatic N) is 2. The first-order valence-electron chi connectivity index (χ1n) is 17.2. The van der Waals surface area contributed by atoms with Gasteiger partial charge in [0, 0.05) is 32.6 Å². The standard InChI is InChI=1S/C47H33N2OP/c50-51(38-24-12-4-13-25-38,39-26-14-5-15-27-39)40-32-30-34(31-33-40)44-43-41-28-16-17-29-42(41)47(36-20-8-2-9-21-36,37-22-10-3-11-23-37)45(43)49-46(48-44)35-18-6-1-7-19-35/h1-33H. The van der Waals surface area contributed by atoms with E-state index in [1.54, 1.807) is 0 Å². The molecule has 0 spiro atoms. The van der Waals surface area contributed by atoms with Crippen molar-refractivity contribution in [3.8, 4) is 33.8 Å². The van der Waals surface area contributed by atoms with E-state index in [1.807, 2.05) is 91.0 Å². The summed E-state index contributed by atoms with van der Waals surface area (Å²) in [6, 6.07) is 68.1. The average molecular weight is 673 g/mol. The van der Waals surface area contributed by atoms with Crippen LogP contribution < -0.4 is 15.9 Å². The zero-order valence-electron chi connectivity index (χ0n) is 27.8. The van der Waals surface area contributed by atoms with Gasteiger partial charge in [0.15, 0.2) is 13.0 Å². The monoisotopic (exact) mass is 672 g/mol. The van der Waals surface area contributed by atoms with E-state index in [0.29, 0.717) is 5.82 Å². The summed E-state index contributed by atoms with van der Waals surface area (Å²) in [6.45, 7) is 0. The first-order chi connectivity index (χ1) is 25.2. The molecule has 4 heteroatoms. The highest BCUT2D eigenvalue weighted by Crippen LogP contribution is 2.57. The number of fused-ring (bicyclic) bond motifs is 3. The minimum atomic E-state index is -3.15. The minimum absolute atomic E-state index is 0.664. The zero-order valence-corrected chi connectivity index (χ0v) is 28.7. The van der Waals surface area contributed by atoms with Crippen molar-refractivity contribution in [2.24, 2.45) is 0 Å². The van der Waals surface area contributed by atoms with Gasteiger partial charge in [0.1, 0.15) is 0 Å². The van der Waals surface area contributed by atoms with Crippen molar-refractivity contribution < 1.29 is 4.57 Å². The Kier molecular flexibility index (Phi) is 7.64. The maximum Gasteiger partial charge on any atom is 0.171 e. The Balaban J connectivity index is 1.33. The Hall–Kier alpha value is -6.15. The maximum atomic E-state index is 15.2. The van der Waals surface area contributed by atoms with E-state index in [4.69, 9.17) is 9.97 Å². The highest BCUT2D eigenvalue weighted by Gasteiger charge is 2.49. The summed E-state index contributed by atoms with van der Waals surface area (Å²) in [5.41, 5.74) is 8.60. The molecule has 1 heterocycles. The van der Waals surface area contributed by atoms with Crippen LogP contribution in [0.1, 0.15) is 22.4 Å². The molecule has 242 valence electrons. The Morgan fingerprint density at radius 2 is 0.863 bits per heavy atom. The van der Waals surface area contributed by atoms with E-state index in [2.05, 4.69) is 109 Å². The summed E-state index contributed by atoms with van der Waals surface area (Å²) in [4.78, 5) is 10.9. The largest absolute Gasteiger partial charge is 0.309 e. The van der Waals surface area contributed by atoms with Crippen LogP contribution in [0.5, 0.6) is 0 Å². The van der Waals surface area contributed by atoms with Gasteiger partial charge in [-0.3, -0.25) is 0 Å². The number of aromatic nitrogens is 2. The molecule has 0 saturated heterocycles. The first-order valence-corrected chi connectivity index (χ1v) is 18.9. The van der Waals surface area contributed by atoms with Crippen LogP contribution in [-0.2, 0) is 9.98 Å². The van der Waals surface area contributed by atoms with E-state index in [1.165, 1.54) is 5.56 Å². The molecule has 0 bridgehead atoms. The lowest BCUT2D eigenvalue weighted by Gasteiger charge is -2.33. The molecule has 8 aromatic rings. The van der Waals surface area contributed by atoms with Crippen LogP contribution in [0.15, 0.2) is 200 Å². The molecule has 0 atom stereocenters. The second kappa shape index (κ2) is 12.6. The fraction of sp³-hybridized carbons (Fsp3) is 0.0213. The van der Waals surface area contributed by atoms with Gasteiger partial charge >= 0.3 is 0 Å². The van der Waals surface area contributed by atoms with E-state index in [9.17, 15) is 0 Å². The van der Waals surface area contributed by atoms with E-state index in [0.717, 1.165) is 60.7 Å². The predicted molar refractivity (Wildman–Crippen MR) is 210 cm³/mol. The lowest BCUT2D eigenvalue weighted by molar-refractivity contribution is 0.592. The fourth-order valence-corrected chi connectivity index (χ4v) is 10.4. The molecule has 0 saturated carbocycles. The van der Waals surface area contributed by atoms with E-state index < -0.39 is 12.6 Å². The molecule has 0 fully saturated rings. The molecule has 0 aliphatic heterocycles. The Bertz CT molecular complexity index is 2440. The third-order valence-corrected chi connectivity index (χ3v) is 13.1. The van der Waals surface area contributed by atoms with Crippen LogP contribution in [0.25, 0.3) is 33.8 Å². The highest BCUT2D eigenvalue weighted by molar-refractivity contribution is 7.85. The molecular formula is C47H33N2OP. The molecule has 9 rings (SSSR count). The topological polar surface area (TPSA) is 42.9 Å². The van der Waals surface area contributed by atoms with Gasteiger partial charge in [-0.1, -0.05) is 200 Å². The quantitative estimate of drug-likeness (QED) is 0.158. The Labute approximate surface area is 298 Å². The molecule has 3 nitrogen and oxygen atoms in total. The van der Waals surface area contributed by atoms with Gasteiger partial charge in [-0.05, 0) is 22.3 Å². The average Bonchev–Trinajstić information content (AvgIpc) is 3.53. The van der Waals surface area contributed by atoms with Crippen molar-refractivity contribution in [2.75, 3.05) is 0 Å². The summed E-state index contributed by atoms with van der Waals surface area (Å²) in [5.74, 6) is 0.664. The number of rotatable bonds is 7. The van der Waals surface area contributed by atoms with Crippen molar-refractivity contribution >= 4 is 23.1 Å². The van der Waals surface area contributed by atoms with Crippen molar-refractivity contribution in [3.05, 3.63) is 223 Å². The van der Waals surface area contributed by atoms with Gasteiger partial charge in [-0.25, -0.2) is 9.97 Å². The van der Waals surface area contributed by atoms with Crippen molar-refractivity contribution in [1.29, 1.82) is 0 Å².